The van der Waals surface area contributed by atoms with Crippen LogP contribution < -0.4 is 5.73 Å². The minimum Gasteiger partial charge on any atom is -0.465 e. The van der Waals surface area contributed by atoms with Crippen LogP contribution in [0.5, 0.6) is 0 Å². The third-order valence-corrected chi connectivity index (χ3v) is 4.12. The average Bonchev–Trinajstić information content (AvgIpc) is 2.82. The third kappa shape index (κ3) is 2.21. The highest BCUT2D eigenvalue weighted by Crippen LogP contribution is 2.47. The Hall–Kier alpha value is -2.48. The number of allylic oxidation sites excluding steroid dienone is 3. The molecule has 0 radical (unpaired) electrons. The Bertz CT molecular complexity index is 759. The molecule has 0 fully saturated rings. The summed E-state index contributed by atoms with van der Waals surface area (Å²) in [7, 11) is 0. The lowest BCUT2D eigenvalue weighted by Crippen LogP contribution is -2.33. The van der Waals surface area contributed by atoms with Gasteiger partial charge < -0.3 is 14.9 Å². The molecule has 2 heterocycles. The molecule has 0 saturated carbocycles. The van der Waals surface area contributed by atoms with E-state index in [0.717, 1.165) is 5.76 Å². The van der Waals surface area contributed by atoms with Crippen LogP contribution >= 0.6 is 0 Å². The van der Waals surface area contributed by atoms with Crippen LogP contribution in [0.25, 0.3) is 0 Å². The van der Waals surface area contributed by atoms with Gasteiger partial charge in [0.05, 0.1) is 5.92 Å². The lowest BCUT2D eigenvalue weighted by molar-refractivity contribution is -0.119. The fourth-order valence-corrected chi connectivity index (χ4v) is 3.18. The van der Waals surface area contributed by atoms with E-state index in [4.69, 9.17) is 14.9 Å². The maximum absolute atomic E-state index is 12.7. The summed E-state index contributed by atoms with van der Waals surface area (Å²) >= 11 is 0. The third-order valence-electron chi connectivity index (χ3n) is 4.12. The largest absolute Gasteiger partial charge is 0.465 e. The van der Waals surface area contributed by atoms with E-state index in [1.165, 1.54) is 0 Å². The Kier molecular flexibility index (Phi) is 3.13. The van der Waals surface area contributed by atoms with E-state index in [-0.39, 0.29) is 22.7 Å². The molecule has 114 valence electrons. The highest BCUT2D eigenvalue weighted by atomic mass is 16.5. The molecule has 3 rings (SSSR count). The smallest absolute Gasteiger partial charge is 0.205 e. The van der Waals surface area contributed by atoms with E-state index >= 15 is 0 Å². The van der Waals surface area contributed by atoms with Gasteiger partial charge in [-0.1, -0.05) is 13.8 Å². The molecule has 1 aromatic heterocycles. The Morgan fingerprint density at radius 1 is 1.36 bits per heavy atom. The van der Waals surface area contributed by atoms with Crippen LogP contribution in [0.2, 0.25) is 0 Å². The lowest BCUT2D eigenvalue weighted by atomic mass is 9.71. The van der Waals surface area contributed by atoms with Gasteiger partial charge in [0.25, 0.3) is 0 Å². The molecule has 1 aromatic rings. The number of carbonyl (C=O) groups excluding carboxylic acids is 1. The second kappa shape index (κ2) is 4.77. The first-order chi connectivity index (χ1) is 10.3. The van der Waals surface area contributed by atoms with E-state index in [1.54, 1.807) is 6.07 Å². The first-order valence-corrected chi connectivity index (χ1v) is 7.22. The number of aryl methyl sites for hydroxylation is 1. The zero-order valence-corrected chi connectivity index (χ0v) is 12.9. The van der Waals surface area contributed by atoms with Gasteiger partial charge in [-0.05, 0) is 24.5 Å². The standard InChI is InChI=1S/C17H18N2O3/c1-9-4-5-12(21-9)14-10(8-18)16(19)22-13-7-17(2,3)6-11(20)15(13)14/h4-5,14H,6-7,19H2,1-3H3/t14-/m1/s1. The number of hydrogen-bond donors (Lipinski definition) is 1. The number of carbonyl (C=O) groups is 1. The van der Waals surface area contributed by atoms with Crippen LogP contribution in [-0.4, -0.2) is 5.78 Å². The van der Waals surface area contributed by atoms with Crippen molar-refractivity contribution in [2.24, 2.45) is 11.1 Å². The molecule has 1 atom stereocenters. The van der Waals surface area contributed by atoms with E-state index < -0.39 is 5.92 Å². The van der Waals surface area contributed by atoms with Crippen molar-refractivity contribution < 1.29 is 13.9 Å². The molecule has 1 aliphatic carbocycles. The lowest BCUT2D eigenvalue weighted by Gasteiger charge is -2.36. The number of Topliss-reactive ketones (excluding diaryl/α,β-unsaturated/α-hetero) is 1. The SMILES string of the molecule is Cc1ccc([C@H]2C(C#N)=C(N)OC3=C2C(=O)CC(C)(C)C3)o1. The van der Waals surface area contributed by atoms with Crippen molar-refractivity contribution in [1.82, 2.24) is 0 Å². The first-order valence-electron chi connectivity index (χ1n) is 7.22. The van der Waals surface area contributed by atoms with Crippen molar-refractivity contribution in [3.05, 3.63) is 46.4 Å². The maximum atomic E-state index is 12.7. The molecular weight excluding hydrogens is 280 g/mol. The predicted molar refractivity (Wildman–Crippen MR) is 79.1 cm³/mol. The monoisotopic (exact) mass is 298 g/mol. The van der Waals surface area contributed by atoms with Gasteiger partial charge in [0, 0.05) is 18.4 Å². The number of nitrogens with zero attached hydrogens (tertiary/aromatic N) is 1. The number of rotatable bonds is 1. The highest BCUT2D eigenvalue weighted by Gasteiger charge is 2.43. The van der Waals surface area contributed by atoms with E-state index in [1.807, 2.05) is 26.8 Å². The molecular formula is C17H18N2O3. The van der Waals surface area contributed by atoms with Gasteiger partial charge in [0.2, 0.25) is 5.88 Å². The summed E-state index contributed by atoms with van der Waals surface area (Å²) in [5.74, 6) is 1.34. The first kappa shape index (κ1) is 14.5. The second-order valence-corrected chi connectivity index (χ2v) is 6.65. The molecule has 0 aromatic carbocycles. The summed E-state index contributed by atoms with van der Waals surface area (Å²) in [5, 5.41) is 9.44. The van der Waals surface area contributed by atoms with Crippen molar-refractivity contribution in [2.75, 3.05) is 0 Å². The molecule has 0 amide bonds. The van der Waals surface area contributed by atoms with Gasteiger partial charge in [-0.2, -0.15) is 5.26 Å². The summed E-state index contributed by atoms with van der Waals surface area (Å²) in [4.78, 5) is 12.7. The Morgan fingerprint density at radius 3 is 2.68 bits per heavy atom. The number of nitriles is 1. The van der Waals surface area contributed by atoms with Gasteiger partial charge in [0.1, 0.15) is 28.9 Å². The topological polar surface area (TPSA) is 89.3 Å². The fourth-order valence-electron chi connectivity index (χ4n) is 3.18. The Balaban J connectivity index is 2.17. The molecule has 22 heavy (non-hydrogen) atoms. The summed E-state index contributed by atoms with van der Waals surface area (Å²) < 4.78 is 11.3. The number of hydrogen-bond acceptors (Lipinski definition) is 5. The van der Waals surface area contributed by atoms with E-state index in [2.05, 4.69) is 6.07 Å². The molecule has 0 unspecified atom stereocenters. The van der Waals surface area contributed by atoms with Gasteiger partial charge >= 0.3 is 0 Å². The number of ketones is 1. The zero-order valence-electron chi connectivity index (χ0n) is 12.9. The van der Waals surface area contributed by atoms with Crippen molar-refractivity contribution in [1.29, 1.82) is 5.26 Å². The molecule has 0 spiro atoms. The van der Waals surface area contributed by atoms with Gasteiger partial charge in [-0.3, -0.25) is 4.79 Å². The van der Waals surface area contributed by atoms with Crippen LogP contribution in [0.4, 0.5) is 0 Å². The van der Waals surface area contributed by atoms with Crippen LogP contribution in [-0.2, 0) is 9.53 Å². The van der Waals surface area contributed by atoms with Crippen molar-refractivity contribution in [2.45, 2.75) is 39.5 Å². The Morgan fingerprint density at radius 2 is 2.09 bits per heavy atom. The summed E-state index contributed by atoms with van der Waals surface area (Å²) in [6.07, 6.45) is 1.04. The molecule has 2 N–H and O–H groups in total. The normalized spacial score (nSPS) is 23.9. The summed E-state index contributed by atoms with van der Waals surface area (Å²) in [5.41, 5.74) is 6.49. The van der Waals surface area contributed by atoms with Crippen molar-refractivity contribution >= 4 is 5.78 Å². The molecule has 0 bridgehead atoms. The van der Waals surface area contributed by atoms with Gasteiger partial charge in [0.15, 0.2) is 5.78 Å². The average molecular weight is 298 g/mol. The fraction of sp³-hybridized carbons (Fsp3) is 0.412. The minimum absolute atomic E-state index is 0.00875. The zero-order chi connectivity index (χ0) is 16.1. The molecule has 5 nitrogen and oxygen atoms in total. The maximum Gasteiger partial charge on any atom is 0.205 e. The Labute approximate surface area is 129 Å². The quantitative estimate of drug-likeness (QED) is 0.860. The highest BCUT2D eigenvalue weighted by molar-refractivity contribution is 5.99. The van der Waals surface area contributed by atoms with Crippen molar-refractivity contribution in [3.63, 3.8) is 0 Å². The van der Waals surface area contributed by atoms with Gasteiger partial charge in [-0.15, -0.1) is 0 Å². The predicted octanol–water partition coefficient (Wildman–Crippen LogP) is 3.04. The van der Waals surface area contributed by atoms with E-state index in [0.29, 0.717) is 29.9 Å². The summed E-state index contributed by atoms with van der Waals surface area (Å²) in [6.45, 7) is 5.86. The van der Waals surface area contributed by atoms with Crippen LogP contribution in [0, 0.1) is 23.7 Å². The second-order valence-electron chi connectivity index (χ2n) is 6.65. The van der Waals surface area contributed by atoms with Crippen LogP contribution in [0.3, 0.4) is 0 Å². The number of ether oxygens (including phenoxy) is 1. The van der Waals surface area contributed by atoms with E-state index in [9.17, 15) is 10.1 Å². The molecule has 2 aliphatic rings. The van der Waals surface area contributed by atoms with Crippen LogP contribution in [0.15, 0.2) is 39.3 Å². The molecule has 5 heteroatoms. The molecule has 0 saturated heterocycles. The van der Waals surface area contributed by atoms with Gasteiger partial charge in [-0.25, -0.2) is 0 Å². The van der Waals surface area contributed by atoms with Crippen molar-refractivity contribution in [3.8, 4) is 6.07 Å². The van der Waals surface area contributed by atoms with Crippen LogP contribution in [0.1, 0.15) is 44.1 Å². The summed E-state index contributed by atoms with van der Waals surface area (Å²) in [6, 6.07) is 5.67. The number of furan rings is 1. The minimum atomic E-state index is -0.564. The molecule has 1 aliphatic heterocycles. The number of nitrogens with two attached hydrogens (primary N) is 1.